The fourth-order valence-electron chi connectivity index (χ4n) is 3.27. The lowest BCUT2D eigenvalue weighted by atomic mass is 10.1. The number of phenols is 1. The number of aromatic carboxylic acids is 1. The van der Waals surface area contributed by atoms with Crippen LogP contribution in [0.25, 0.3) is 21.7 Å². The third kappa shape index (κ3) is 3.89. The van der Waals surface area contributed by atoms with E-state index in [9.17, 15) is 19.4 Å². The van der Waals surface area contributed by atoms with E-state index in [0.29, 0.717) is 22.3 Å². The number of carboxylic acid groups (broad SMARTS) is 1. The largest absolute Gasteiger partial charge is 0.505 e. The first-order valence-corrected chi connectivity index (χ1v) is 11.2. The second kappa shape index (κ2) is 7.75. The minimum absolute atomic E-state index is 0.0475. The van der Waals surface area contributed by atoms with Crippen molar-refractivity contribution in [1.29, 1.82) is 0 Å². The minimum atomic E-state index is -1.09. The topological polar surface area (TPSA) is 95.3 Å². The van der Waals surface area contributed by atoms with Crippen molar-refractivity contribution in [1.82, 2.24) is 9.97 Å². The van der Waals surface area contributed by atoms with Crippen molar-refractivity contribution in [2.75, 3.05) is 5.32 Å². The van der Waals surface area contributed by atoms with Crippen molar-refractivity contribution in [3.05, 3.63) is 64.2 Å². The molecule has 0 bridgehead atoms. The van der Waals surface area contributed by atoms with Crippen LogP contribution in [0.3, 0.4) is 0 Å². The van der Waals surface area contributed by atoms with Gasteiger partial charge in [-0.3, -0.25) is 0 Å². The fourth-order valence-corrected chi connectivity index (χ4v) is 5.14. The number of aromatic hydroxyl groups is 1. The van der Waals surface area contributed by atoms with Crippen molar-refractivity contribution < 1.29 is 19.4 Å². The molecule has 156 valence electrons. The number of benzene rings is 1. The summed E-state index contributed by atoms with van der Waals surface area (Å²) in [6, 6.07) is 9.59. The Morgan fingerprint density at radius 3 is 2.71 bits per heavy atom. The zero-order chi connectivity index (χ0) is 21.5. The van der Waals surface area contributed by atoms with Crippen molar-refractivity contribution in [2.45, 2.75) is 18.8 Å². The van der Waals surface area contributed by atoms with Gasteiger partial charge in [-0.2, -0.15) is 0 Å². The van der Waals surface area contributed by atoms with Crippen LogP contribution in [-0.2, 0) is 0 Å². The van der Waals surface area contributed by atoms with E-state index in [0.717, 1.165) is 28.2 Å². The molecule has 1 saturated carbocycles. The average molecular weight is 454 g/mol. The highest BCUT2D eigenvalue weighted by Gasteiger charge is 2.30. The molecule has 31 heavy (non-hydrogen) atoms. The van der Waals surface area contributed by atoms with Gasteiger partial charge >= 0.3 is 5.97 Å². The number of carbonyl (C=O) groups is 1. The van der Waals surface area contributed by atoms with E-state index < -0.39 is 17.5 Å². The number of halogens is 1. The molecule has 0 saturated heterocycles. The molecule has 3 heterocycles. The Bertz CT molecular complexity index is 1280. The molecule has 4 aromatic rings. The predicted octanol–water partition coefficient (Wildman–Crippen LogP) is 6.10. The number of rotatable bonds is 6. The zero-order valence-electron chi connectivity index (χ0n) is 16.0. The summed E-state index contributed by atoms with van der Waals surface area (Å²) in [6.07, 6.45) is 3.69. The van der Waals surface area contributed by atoms with Crippen LogP contribution in [0, 0.1) is 5.82 Å². The maximum Gasteiger partial charge on any atom is 0.339 e. The van der Waals surface area contributed by atoms with E-state index >= 15 is 0 Å². The molecule has 1 fully saturated rings. The number of hydrogen-bond acceptors (Lipinski definition) is 7. The molecule has 3 aromatic heterocycles. The Morgan fingerprint density at radius 2 is 2.03 bits per heavy atom. The van der Waals surface area contributed by atoms with E-state index in [1.165, 1.54) is 34.8 Å². The van der Waals surface area contributed by atoms with Crippen LogP contribution in [0.15, 0.2) is 48.0 Å². The third-order valence-corrected chi connectivity index (χ3v) is 7.02. The van der Waals surface area contributed by atoms with Crippen molar-refractivity contribution in [3.8, 4) is 27.4 Å². The Labute approximate surface area is 184 Å². The number of anilines is 2. The second-order valence-electron chi connectivity index (χ2n) is 7.20. The van der Waals surface area contributed by atoms with Gasteiger partial charge in [0, 0.05) is 27.1 Å². The fraction of sp³-hybridized carbons (Fsp3) is 0.136. The van der Waals surface area contributed by atoms with E-state index in [1.54, 1.807) is 18.3 Å². The Hall–Kier alpha value is -3.30. The van der Waals surface area contributed by atoms with Gasteiger partial charge in [-0.25, -0.2) is 19.2 Å². The first kappa shape index (κ1) is 19.7. The molecule has 5 rings (SSSR count). The lowest BCUT2D eigenvalue weighted by Crippen LogP contribution is -2.05. The van der Waals surface area contributed by atoms with Crippen LogP contribution in [0.5, 0.6) is 5.75 Å². The lowest BCUT2D eigenvalue weighted by molar-refractivity contribution is 0.0697. The van der Waals surface area contributed by atoms with Crippen LogP contribution in [0.2, 0.25) is 0 Å². The van der Waals surface area contributed by atoms with E-state index in [-0.39, 0.29) is 11.4 Å². The maximum atomic E-state index is 13.9. The monoisotopic (exact) mass is 453 g/mol. The van der Waals surface area contributed by atoms with Crippen molar-refractivity contribution in [3.63, 3.8) is 0 Å². The van der Waals surface area contributed by atoms with Crippen LogP contribution < -0.4 is 5.32 Å². The van der Waals surface area contributed by atoms with Gasteiger partial charge in [0.1, 0.15) is 11.4 Å². The highest BCUT2D eigenvalue weighted by molar-refractivity contribution is 7.16. The van der Waals surface area contributed by atoms with Crippen molar-refractivity contribution >= 4 is 39.6 Å². The Balaban J connectivity index is 1.51. The molecule has 0 amide bonds. The van der Waals surface area contributed by atoms with Gasteiger partial charge in [-0.1, -0.05) is 6.07 Å². The summed E-state index contributed by atoms with van der Waals surface area (Å²) in [6.45, 7) is 0. The Kier molecular flexibility index (Phi) is 4.91. The van der Waals surface area contributed by atoms with Gasteiger partial charge < -0.3 is 15.5 Å². The molecular formula is C22H16FN3O3S2. The molecule has 3 N–H and O–H groups in total. The molecule has 0 spiro atoms. The highest BCUT2D eigenvalue weighted by atomic mass is 32.1. The number of nitrogens with one attached hydrogen (secondary N) is 1. The zero-order valence-corrected chi connectivity index (χ0v) is 17.6. The number of phenolic OH excluding ortho intramolecular Hbond substituents is 1. The predicted molar refractivity (Wildman–Crippen MR) is 119 cm³/mol. The summed E-state index contributed by atoms with van der Waals surface area (Å²) in [5.74, 6) is -1.65. The first-order valence-electron chi connectivity index (χ1n) is 9.53. The molecule has 0 unspecified atom stereocenters. The molecular weight excluding hydrogens is 437 g/mol. The standard InChI is InChI=1S/C22H16FN3O3S2/c23-15-9-12(5-6-16(15)27)18-19(11-3-4-11)31-22(25-18)26-20-14(21(28)29)8-13(10-24-20)17-2-1-7-30-17/h1-2,5-11,27H,3-4H2,(H,28,29)(H,24,25,26). The van der Waals surface area contributed by atoms with Gasteiger partial charge in [0.2, 0.25) is 0 Å². The molecule has 0 atom stereocenters. The molecule has 6 nitrogen and oxygen atoms in total. The number of pyridine rings is 1. The Morgan fingerprint density at radius 1 is 1.19 bits per heavy atom. The third-order valence-electron chi connectivity index (χ3n) is 4.97. The number of hydrogen-bond donors (Lipinski definition) is 3. The molecule has 9 heteroatoms. The quantitative estimate of drug-likeness (QED) is 0.327. The van der Waals surface area contributed by atoms with Crippen LogP contribution in [0.4, 0.5) is 15.3 Å². The van der Waals surface area contributed by atoms with Crippen molar-refractivity contribution in [2.24, 2.45) is 0 Å². The van der Waals surface area contributed by atoms with Gasteiger partial charge in [0.15, 0.2) is 16.7 Å². The minimum Gasteiger partial charge on any atom is -0.505 e. The number of thiazole rings is 1. The SMILES string of the molecule is O=C(O)c1cc(-c2cccs2)cnc1Nc1nc(-c2ccc(O)c(F)c2)c(C2CC2)s1. The number of aromatic nitrogens is 2. The molecule has 0 aliphatic heterocycles. The van der Waals surface area contributed by atoms with Crippen LogP contribution in [0.1, 0.15) is 34.0 Å². The number of carboxylic acids is 1. The number of nitrogens with zero attached hydrogens (tertiary/aromatic N) is 2. The number of thiophene rings is 1. The summed E-state index contributed by atoms with van der Waals surface area (Å²) in [4.78, 5) is 22.7. The van der Waals surface area contributed by atoms with Crippen LogP contribution >= 0.6 is 22.7 Å². The normalized spacial score (nSPS) is 13.3. The smallest absolute Gasteiger partial charge is 0.339 e. The highest BCUT2D eigenvalue weighted by Crippen LogP contribution is 2.49. The summed E-state index contributed by atoms with van der Waals surface area (Å²) < 4.78 is 13.9. The summed E-state index contributed by atoms with van der Waals surface area (Å²) in [7, 11) is 0. The first-order chi connectivity index (χ1) is 15.0. The summed E-state index contributed by atoms with van der Waals surface area (Å²) >= 11 is 2.92. The molecule has 1 aliphatic carbocycles. The molecule has 1 aromatic carbocycles. The van der Waals surface area contributed by atoms with Gasteiger partial charge in [0.25, 0.3) is 0 Å². The second-order valence-corrected chi connectivity index (χ2v) is 9.18. The van der Waals surface area contributed by atoms with Crippen LogP contribution in [-0.4, -0.2) is 26.2 Å². The van der Waals surface area contributed by atoms with E-state index in [1.807, 2.05) is 17.5 Å². The van der Waals surface area contributed by atoms with Gasteiger partial charge in [0.05, 0.1) is 5.69 Å². The summed E-state index contributed by atoms with van der Waals surface area (Å²) in [5, 5.41) is 24.6. The van der Waals surface area contributed by atoms with Gasteiger partial charge in [-0.15, -0.1) is 22.7 Å². The maximum absolute atomic E-state index is 13.9. The molecule has 1 aliphatic rings. The lowest BCUT2D eigenvalue weighted by Gasteiger charge is -2.07. The van der Waals surface area contributed by atoms with E-state index in [4.69, 9.17) is 0 Å². The summed E-state index contributed by atoms with van der Waals surface area (Å²) in [5.41, 5.74) is 1.99. The molecule has 0 radical (unpaired) electrons. The van der Waals surface area contributed by atoms with E-state index in [2.05, 4.69) is 15.3 Å². The van der Waals surface area contributed by atoms with Gasteiger partial charge in [-0.05, 0) is 54.5 Å². The average Bonchev–Trinajstić information content (AvgIpc) is 3.28.